The average Bonchev–Trinajstić information content (AvgIpc) is 2.88. The summed E-state index contributed by atoms with van der Waals surface area (Å²) < 4.78 is 45.6. The summed E-state index contributed by atoms with van der Waals surface area (Å²) in [6, 6.07) is 0. The van der Waals surface area contributed by atoms with E-state index >= 15 is 0 Å². The lowest BCUT2D eigenvalue weighted by Crippen LogP contribution is -2.60. The highest BCUT2D eigenvalue weighted by Crippen LogP contribution is 2.41. The van der Waals surface area contributed by atoms with Crippen molar-refractivity contribution in [3.8, 4) is 0 Å². The van der Waals surface area contributed by atoms with Gasteiger partial charge in [-0.3, -0.25) is 4.79 Å². The summed E-state index contributed by atoms with van der Waals surface area (Å²) in [5.41, 5.74) is -0.819. The van der Waals surface area contributed by atoms with Crippen molar-refractivity contribution in [1.82, 2.24) is 10.5 Å². The number of aryl methyl sites for hydroxylation is 2. The van der Waals surface area contributed by atoms with Crippen LogP contribution in [-0.4, -0.2) is 22.8 Å². The number of carbonyl (C=O) groups is 1. The Kier molecular flexibility index (Phi) is 5.37. The molecule has 0 atom stereocenters. The second-order valence-corrected chi connectivity index (χ2v) is 6.10. The molecule has 0 aliphatic heterocycles. The Labute approximate surface area is 133 Å². The first-order valence-electron chi connectivity index (χ1n) is 8.17. The first-order chi connectivity index (χ1) is 10.8. The molecule has 0 saturated heterocycles. The number of nitrogens with zero attached hydrogens (tertiary/aromatic N) is 1. The standard InChI is InChI=1S/C16H23F3N2O2/c1-3-12-11(13(4-2)23-21-12)10-14(22)20-15(16(17,18)19)8-6-5-7-9-15/h3-10H2,1-2H3,(H,20,22). The molecule has 1 aromatic rings. The van der Waals surface area contributed by atoms with Crippen LogP contribution in [0.3, 0.4) is 0 Å². The topological polar surface area (TPSA) is 55.1 Å². The molecule has 0 radical (unpaired) electrons. The minimum atomic E-state index is -4.43. The molecule has 1 heterocycles. The molecule has 1 aromatic heterocycles. The summed E-state index contributed by atoms with van der Waals surface area (Å²) in [6.07, 6.45) is -1.77. The Morgan fingerprint density at radius 3 is 2.39 bits per heavy atom. The molecular formula is C16H23F3N2O2. The maximum atomic E-state index is 13.5. The number of nitrogens with one attached hydrogen (secondary N) is 1. The summed E-state index contributed by atoms with van der Waals surface area (Å²) in [7, 11) is 0. The van der Waals surface area contributed by atoms with Gasteiger partial charge in [-0.05, 0) is 19.3 Å². The van der Waals surface area contributed by atoms with Gasteiger partial charge in [-0.25, -0.2) is 0 Å². The lowest BCUT2D eigenvalue weighted by molar-refractivity contribution is -0.206. The van der Waals surface area contributed by atoms with Gasteiger partial charge in [0.15, 0.2) is 0 Å². The Hall–Kier alpha value is -1.53. The number of alkyl halides is 3. The van der Waals surface area contributed by atoms with Crippen LogP contribution in [-0.2, 0) is 24.1 Å². The zero-order chi connectivity index (χ0) is 17.1. The molecule has 1 aliphatic rings. The van der Waals surface area contributed by atoms with Gasteiger partial charge in [-0.2, -0.15) is 13.2 Å². The number of amides is 1. The lowest BCUT2D eigenvalue weighted by atomic mass is 9.81. The number of hydrogen-bond acceptors (Lipinski definition) is 3. The van der Waals surface area contributed by atoms with Crippen molar-refractivity contribution in [3.63, 3.8) is 0 Å². The first-order valence-corrected chi connectivity index (χ1v) is 8.17. The molecule has 1 amide bonds. The fourth-order valence-electron chi connectivity index (χ4n) is 3.24. The lowest BCUT2D eigenvalue weighted by Gasteiger charge is -2.39. The van der Waals surface area contributed by atoms with E-state index in [2.05, 4.69) is 10.5 Å². The highest BCUT2D eigenvalue weighted by atomic mass is 19.4. The largest absolute Gasteiger partial charge is 0.411 e. The van der Waals surface area contributed by atoms with Gasteiger partial charge in [0.1, 0.15) is 11.3 Å². The van der Waals surface area contributed by atoms with Gasteiger partial charge in [-0.15, -0.1) is 0 Å². The van der Waals surface area contributed by atoms with Crippen molar-refractivity contribution in [2.75, 3.05) is 0 Å². The van der Waals surface area contributed by atoms with Crippen molar-refractivity contribution >= 4 is 5.91 Å². The fraction of sp³-hybridized carbons (Fsp3) is 0.750. The van der Waals surface area contributed by atoms with Crippen molar-refractivity contribution < 1.29 is 22.5 Å². The number of rotatable bonds is 5. The average molecular weight is 332 g/mol. The van der Waals surface area contributed by atoms with E-state index in [1.807, 2.05) is 13.8 Å². The van der Waals surface area contributed by atoms with E-state index < -0.39 is 17.6 Å². The number of aromatic nitrogens is 1. The third kappa shape index (κ3) is 3.70. The Balaban J connectivity index is 2.16. The third-order valence-electron chi connectivity index (χ3n) is 4.57. The summed E-state index contributed by atoms with van der Waals surface area (Å²) in [5, 5.41) is 6.17. The third-order valence-corrected chi connectivity index (χ3v) is 4.57. The molecular weight excluding hydrogens is 309 g/mol. The molecule has 1 aliphatic carbocycles. The monoisotopic (exact) mass is 332 g/mol. The Morgan fingerprint density at radius 1 is 1.22 bits per heavy atom. The van der Waals surface area contributed by atoms with E-state index in [-0.39, 0.29) is 19.3 Å². The van der Waals surface area contributed by atoms with Crippen LogP contribution < -0.4 is 5.32 Å². The van der Waals surface area contributed by atoms with E-state index in [1.54, 1.807) is 0 Å². The second kappa shape index (κ2) is 6.93. The predicted octanol–water partition coefficient (Wildman–Crippen LogP) is 3.72. The molecule has 0 spiro atoms. The molecule has 1 saturated carbocycles. The van der Waals surface area contributed by atoms with Crippen LogP contribution in [0.1, 0.15) is 63.0 Å². The molecule has 1 N–H and O–H groups in total. The molecule has 0 aromatic carbocycles. The van der Waals surface area contributed by atoms with Gasteiger partial charge in [-0.1, -0.05) is 38.3 Å². The zero-order valence-electron chi connectivity index (χ0n) is 13.6. The molecule has 0 unspecified atom stereocenters. The molecule has 1 fully saturated rings. The molecule has 4 nitrogen and oxygen atoms in total. The minimum absolute atomic E-state index is 0.0485. The summed E-state index contributed by atoms with van der Waals surface area (Å²) in [6.45, 7) is 3.73. The van der Waals surface area contributed by atoms with Gasteiger partial charge in [0.2, 0.25) is 5.91 Å². The van der Waals surface area contributed by atoms with Crippen LogP contribution in [0.15, 0.2) is 4.52 Å². The molecule has 2 rings (SSSR count). The van der Waals surface area contributed by atoms with E-state index in [0.717, 1.165) is 6.42 Å². The fourth-order valence-corrected chi connectivity index (χ4v) is 3.24. The first kappa shape index (κ1) is 17.8. The number of hydrogen-bond donors (Lipinski definition) is 1. The van der Waals surface area contributed by atoms with Gasteiger partial charge >= 0.3 is 6.18 Å². The van der Waals surface area contributed by atoms with Crippen LogP contribution in [0, 0.1) is 0 Å². The maximum absolute atomic E-state index is 13.5. The smallest absolute Gasteiger partial charge is 0.361 e. The van der Waals surface area contributed by atoms with Crippen molar-refractivity contribution in [2.24, 2.45) is 0 Å². The van der Waals surface area contributed by atoms with E-state index in [4.69, 9.17) is 4.52 Å². The second-order valence-electron chi connectivity index (χ2n) is 6.10. The minimum Gasteiger partial charge on any atom is -0.361 e. The normalized spacial score (nSPS) is 18.0. The van der Waals surface area contributed by atoms with E-state index in [1.165, 1.54) is 0 Å². The van der Waals surface area contributed by atoms with Crippen LogP contribution in [0.4, 0.5) is 13.2 Å². The van der Waals surface area contributed by atoms with Crippen LogP contribution in [0.5, 0.6) is 0 Å². The van der Waals surface area contributed by atoms with Gasteiger partial charge in [0, 0.05) is 12.0 Å². The summed E-state index contributed by atoms with van der Waals surface area (Å²) >= 11 is 0. The van der Waals surface area contributed by atoms with E-state index in [9.17, 15) is 18.0 Å². The molecule has 0 bridgehead atoms. The summed E-state index contributed by atoms with van der Waals surface area (Å²) in [5.74, 6) is -0.0430. The maximum Gasteiger partial charge on any atom is 0.411 e. The Morgan fingerprint density at radius 2 is 1.87 bits per heavy atom. The van der Waals surface area contributed by atoms with E-state index in [0.29, 0.717) is 42.7 Å². The molecule has 130 valence electrons. The van der Waals surface area contributed by atoms with Crippen LogP contribution in [0.2, 0.25) is 0 Å². The van der Waals surface area contributed by atoms with Gasteiger partial charge in [0.25, 0.3) is 0 Å². The summed E-state index contributed by atoms with van der Waals surface area (Å²) in [4.78, 5) is 12.3. The SMILES string of the molecule is CCc1noc(CC)c1CC(=O)NC1(C(F)(F)F)CCCCC1. The number of carbonyl (C=O) groups excluding carboxylic acids is 1. The quantitative estimate of drug-likeness (QED) is 0.894. The van der Waals surface area contributed by atoms with Crippen LogP contribution in [0.25, 0.3) is 0 Å². The highest BCUT2D eigenvalue weighted by Gasteiger charge is 2.55. The van der Waals surface area contributed by atoms with Gasteiger partial charge < -0.3 is 9.84 Å². The molecule has 7 heteroatoms. The van der Waals surface area contributed by atoms with Crippen molar-refractivity contribution in [3.05, 3.63) is 17.0 Å². The number of halogens is 3. The highest BCUT2D eigenvalue weighted by molar-refractivity contribution is 5.80. The molecule has 23 heavy (non-hydrogen) atoms. The Bertz CT molecular complexity index is 525. The predicted molar refractivity (Wildman–Crippen MR) is 79.0 cm³/mol. The van der Waals surface area contributed by atoms with Crippen molar-refractivity contribution in [2.45, 2.75) is 76.9 Å². The zero-order valence-corrected chi connectivity index (χ0v) is 13.6. The van der Waals surface area contributed by atoms with Crippen molar-refractivity contribution in [1.29, 1.82) is 0 Å². The van der Waals surface area contributed by atoms with Gasteiger partial charge in [0.05, 0.1) is 12.1 Å². The van der Waals surface area contributed by atoms with Crippen LogP contribution >= 0.6 is 0 Å².